The predicted octanol–water partition coefficient (Wildman–Crippen LogP) is 2.95. The van der Waals surface area contributed by atoms with Crippen LogP contribution in [0.5, 0.6) is 11.6 Å². The van der Waals surface area contributed by atoms with Crippen molar-refractivity contribution in [2.45, 2.75) is 0 Å². The number of ether oxygens (including phenoxy) is 2. The molecule has 20 heavy (non-hydrogen) atoms. The standard InChI is InChI=1S/C14H12BrN3O2/c15-12-10-18-7-6-16-13(18)14(17-12)20-9-8-19-11-4-2-1-3-5-11/h1-7,10H,8-9H2. The van der Waals surface area contributed by atoms with E-state index >= 15 is 0 Å². The van der Waals surface area contributed by atoms with Crippen LogP contribution in [0.4, 0.5) is 0 Å². The molecule has 0 unspecified atom stereocenters. The average molecular weight is 334 g/mol. The van der Waals surface area contributed by atoms with Gasteiger partial charge in [-0.05, 0) is 28.1 Å². The van der Waals surface area contributed by atoms with Crippen molar-refractivity contribution in [2.75, 3.05) is 13.2 Å². The lowest BCUT2D eigenvalue weighted by atomic mass is 10.3. The summed E-state index contributed by atoms with van der Waals surface area (Å²) in [4.78, 5) is 8.48. The van der Waals surface area contributed by atoms with Gasteiger partial charge in [-0.2, -0.15) is 0 Å². The first-order valence-electron chi connectivity index (χ1n) is 6.13. The number of halogens is 1. The van der Waals surface area contributed by atoms with Crippen LogP contribution in [-0.2, 0) is 0 Å². The Morgan fingerprint density at radius 3 is 2.75 bits per heavy atom. The van der Waals surface area contributed by atoms with E-state index in [9.17, 15) is 0 Å². The minimum absolute atomic E-state index is 0.404. The van der Waals surface area contributed by atoms with Crippen molar-refractivity contribution in [2.24, 2.45) is 0 Å². The van der Waals surface area contributed by atoms with Crippen molar-refractivity contribution in [3.63, 3.8) is 0 Å². The molecule has 0 aliphatic carbocycles. The zero-order valence-corrected chi connectivity index (χ0v) is 12.2. The zero-order valence-electron chi connectivity index (χ0n) is 10.6. The van der Waals surface area contributed by atoms with Gasteiger partial charge in [0.15, 0.2) is 0 Å². The summed E-state index contributed by atoms with van der Waals surface area (Å²) in [6.45, 7) is 0.853. The van der Waals surface area contributed by atoms with Gasteiger partial charge in [0.1, 0.15) is 23.6 Å². The Hall–Kier alpha value is -2.08. The number of hydrogen-bond donors (Lipinski definition) is 0. The molecule has 0 bridgehead atoms. The molecule has 0 saturated heterocycles. The third kappa shape index (κ3) is 2.91. The Morgan fingerprint density at radius 2 is 1.90 bits per heavy atom. The summed E-state index contributed by atoms with van der Waals surface area (Å²) in [6, 6.07) is 9.62. The number of aromatic nitrogens is 3. The summed E-state index contributed by atoms with van der Waals surface area (Å²) >= 11 is 3.34. The highest BCUT2D eigenvalue weighted by atomic mass is 79.9. The maximum absolute atomic E-state index is 5.63. The summed E-state index contributed by atoms with van der Waals surface area (Å²) in [6.07, 6.45) is 5.38. The first-order valence-corrected chi connectivity index (χ1v) is 6.92. The Balaban J connectivity index is 1.61. The predicted molar refractivity (Wildman–Crippen MR) is 78.1 cm³/mol. The molecule has 0 fully saturated rings. The first-order chi connectivity index (χ1) is 9.83. The highest BCUT2D eigenvalue weighted by Crippen LogP contribution is 2.18. The van der Waals surface area contributed by atoms with Crippen molar-refractivity contribution < 1.29 is 9.47 Å². The molecular formula is C14H12BrN3O2. The van der Waals surface area contributed by atoms with E-state index in [1.54, 1.807) is 6.20 Å². The van der Waals surface area contributed by atoms with Crippen LogP contribution in [0.2, 0.25) is 0 Å². The van der Waals surface area contributed by atoms with Gasteiger partial charge in [-0.25, -0.2) is 9.97 Å². The number of fused-ring (bicyclic) bond motifs is 1. The summed E-state index contributed by atoms with van der Waals surface area (Å²) in [5, 5.41) is 0. The molecule has 0 spiro atoms. The van der Waals surface area contributed by atoms with Gasteiger partial charge in [0.25, 0.3) is 5.88 Å². The number of nitrogens with zero attached hydrogens (tertiary/aromatic N) is 3. The topological polar surface area (TPSA) is 48.7 Å². The maximum atomic E-state index is 5.63. The molecule has 3 rings (SSSR count). The van der Waals surface area contributed by atoms with E-state index in [2.05, 4.69) is 25.9 Å². The minimum Gasteiger partial charge on any atom is -0.490 e. The Kier molecular flexibility index (Phi) is 3.83. The molecule has 0 N–H and O–H groups in total. The normalized spacial score (nSPS) is 10.7. The van der Waals surface area contributed by atoms with E-state index in [1.807, 2.05) is 47.1 Å². The third-order valence-corrected chi connectivity index (χ3v) is 3.03. The lowest BCUT2D eigenvalue weighted by molar-refractivity contribution is 0.212. The molecule has 2 aromatic heterocycles. The summed E-state index contributed by atoms with van der Waals surface area (Å²) in [5.74, 6) is 1.31. The smallest absolute Gasteiger partial charge is 0.259 e. The quantitative estimate of drug-likeness (QED) is 0.673. The number of hydrogen-bond acceptors (Lipinski definition) is 4. The van der Waals surface area contributed by atoms with Crippen molar-refractivity contribution in [3.05, 3.63) is 53.5 Å². The van der Waals surface area contributed by atoms with Crippen molar-refractivity contribution in [3.8, 4) is 11.6 Å². The number of benzene rings is 1. The van der Waals surface area contributed by atoms with Gasteiger partial charge in [0.05, 0.1) is 0 Å². The largest absolute Gasteiger partial charge is 0.490 e. The van der Waals surface area contributed by atoms with Gasteiger partial charge >= 0.3 is 0 Å². The van der Waals surface area contributed by atoms with Crippen LogP contribution in [0.25, 0.3) is 5.65 Å². The van der Waals surface area contributed by atoms with Crippen molar-refractivity contribution in [1.29, 1.82) is 0 Å². The third-order valence-electron chi connectivity index (χ3n) is 2.65. The molecule has 1 aromatic carbocycles. The fourth-order valence-corrected chi connectivity index (χ4v) is 2.17. The van der Waals surface area contributed by atoms with Crippen LogP contribution in [0, 0.1) is 0 Å². The van der Waals surface area contributed by atoms with Crippen LogP contribution < -0.4 is 9.47 Å². The van der Waals surface area contributed by atoms with E-state index in [0.717, 1.165) is 5.75 Å². The number of imidazole rings is 1. The van der Waals surface area contributed by atoms with E-state index in [1.165, 1.54) is 0 Å². The molecule has 2 heterocycles. The van der Waals surface area contributed by atoms with Gasteiger partial charge < -0.3 is 9.47 Å². The van der Waals surface area contributed by atoms with Gasteiger partial charge in [-0.1, -0.05) is 18.2 Å². The Morgan fingerprint density at radius 1 is 1.10 bits per heavy atom. The maximum Gasteiger partial charge on any atom is 0.259 e. The monoisotopic (exact) mass is 333 g/mol. The molecule has 5 nitrogen and oxygen atoms in total. The molecule has 0 saturated carbocycles. The lowest BCUT2D eigenvalue weighted by Crippen LogP contribution is -2.10. The van der Waals surface area contributed by atoms with Crippen LogP contribution in [0.15, 0.2) is 53.5 Å². The molecule has 3 aromatic rings. The second-order valence-electron chi connectivity index (χ2n) is 4.04. The Labute approximate surface area is 124 Å². The summed E-state index contributed by atoms with van der Waals surface area (Å²) in [7, 11) is 0. The van der Waals surface area contributed by atoms with Gasteiger partial charge in [0, 0.05) is 18.6 Å². The van der Waals surface area contributed by atoms with Crippen LogP contribution in [0.1, 0.15) is 0 Å². The van der Waals surface area contributed by atoms with Gasteiger partial charge in [0.2, 0.25) is 5.65 Å². The highest BCUT2D eigenvalue weighted by Gasteiger charge is 2.07. The van der Waals surface area contributed by atoms with Crippen LogP contribution >= 0.6 is 15.9 Å². The molecule has 102 valence electrons. The van der Waals surface area contributed by atoms with E-state index < -0.39 is 0 Å². The second-order valence-corrected chi connectivity index (χ2v) is 4.85. The van der Waals surface area contributed by atoms with Crippen molar-refractivity contribution in [1.82, 2.24) is 14.4 Å². The molecule has 0 aliphatic rings. The van der Waals surface area contributed by atoms with E-state index in [0.29, 0.717) is 29.3 Å². The molecular weight excluding hydrogens is 322 g/mol. The lowest BCUT2D eigenvalue weighted by Gasteiger charge is -2.08. The summed E-state index contributed by atoms with van der Waals surface area (Å²) < 4.78 is 13.7. The molecule has 0 radical (unpaired) electrons. The van der Waals surface area contributed by atoms with Gasteiger partial charge in [-0.15, -0.1) is 0 Å². The Bertz CT molecular complexity index is 700. The summed E-state index contributed by atoms with van der Waals surface area (Å²) in [5.41, 5.74) is 0.688. The second kappa shape index (κ2) is 5.92. The van der Waals surface area contributed by atoms with Gasteiger partial charge in [-0.3, -0.25) is 4.40 Å². The van der Waals surface area contributed by atoms with E-state index in [4.69, 9.17) is 9.47 Å². The molecule has 0 amide bonds. The minimum atomic E-state index is 0.404. The number of rotatable bonds is 5. The average Bonchev–Trinajstić information content (AvgIpc) is 2.92. The zero-order chi connectivity index (χ0) is 13.8. The fraction of sp³-hybridized carbons (Fsp3) is 0.143. The first kappa shape index (κ1) is 12.9. The van der Waals surface area contributed by atoms with Crippen LogP contribution in [-0.4, -0.2) is 27.6 Å². The fourth-order valence-electron chi connectivity index (χ4n) is 1.78. The molecule has 0 aliphatic heterocycles. The number of para-hydroxylation sites is 1. The SMILES string of the molecule is Brc1cn2ccnc2c(OCCOc2ccccc2)n1. The van der Waals surface area contributed by atoms with Crippen LogP contribution in [0.3, 0.4) is 0 Å². The van der Waals surface area contributed by atoms with Crippen molar-refractivity contribution >= 4 is 21.6 Å². The highest BCUT2D eigenvalue weighted by molar-refractivity contribution is 9.10. The molecule has 0 atom stereocenters. The van der Waals surface area contributed by atoms with E-state index in [-0.39, 0.29) is 0 Å². The molecule has 6 heteroatoms.